The van der Waals surface area contributed by atoms with Crippen molar-refractivity contribution in [3.63, 3.8) is 0 Å². The minimum atomic E-state index is -0.468. The van der Waals surface area contributed by atoms with Crippen LogP contribution in [-0.2, 0) is 7.05 Å². The van der Waals surface area contributed by atoms with Gasteiger partial charge in [-0.3, -0.25) is 4.57 Å². The van der Waals surface area contributed by atoms with Crippen molar-refractivity contribution < 1.29 is 9.90 Å². The molecule has 8 heteroatoms. The van der Waals surface area contributed by atoms with Gasteiger partial charge in [0.1, 0.15) is 0 Å². The predicted octanol–water partition coefficient (Wildman–Crippen LogP) is 0.940. The summed E-state index contributed by atoms with van der Waals surface area (Å²) in [6, 6.07) is -0.468. The molecule has 16 heavy (non-hydrogen) atoms. The van der Waals surface area contributed by atoms with Crippen molar-refractivity contribution in [2.45, 2.75) is 0 Å². The normalized spacial score (nSPS) is 9.88. The lowest BCUT2D eigenvalue weighted by Gasteiger charge is -2.16. The van der Waals surface area contributed by atoms with E-state index in [-0.39, 0.29) is 10.7 Å². The molecule has 0 aliphatic rings. The average molecular weight is 260 g/mol. The van der Waals surface area contributed by atoms with E-state index in [0.29, 0.717) is 6.54 Å². The quantitative estimate of drug-likeness (QED) is 0.430. The summed E-state index contributed by atoms with van der Waals surface area (Å²) in [5.74, 6) is -0.0550. The van der Waals surface area contributed by atoms with Crippen LogP contribution in [0.3, 0.4) is 0 Å². The van der Waals surface area contributed by atoms with Gasteiger partial charge in [-0.25, -0.2) is 9.47 Å². The second kappa shape index (κ2) is 5.08. The molecule has 0 saturated carbocycles. The molecule has 0 aliphatic heterocycles. The highest BCUT2D eigenvalue weighted by Crippen LogP contribution is 2.11. The summed E-state index contributed by atoms with van der Waals surface area (Å²) in [6.45, 7) is 3.79. The van der Waals surface area contributed by atoms with Crippen LogP contribution in [0.25, 0.3) is 0 Å². The summed E-state index contributed by atoms with van der Waals surface area (Å²) in [5, 5.41) is 11.9. The Morgan fingerprint density at radius 3 is 2.94 bits per heavy atom. The van der Waals surface area contributed by atoms with E-state index < -0.39 is 6.03 Å². The third kappa shape index (κ3) is 2.39. The first-order chi connectivity index (χ1) is 7.49. The fourth-order valence-corrected chi connectivity index (χ4v) is 1.46. The first kappa shape index (κ1) is 12.7. The van der Waals surface area contributed by atoms with E-state index in [1.807, 2.05) is 0 Å². The lowest BCUT2D eigenvalue weighted by molar-refractivity contribution is 0.247. The van der Waals surface area contributed by atoms with Crippen molar-refractivity contribution in [3.05, 3.63) is 23.6 Å². The molecule has 2 amide bonds. The molecular formula is C8H12N4O2S2. The second-order valence-electron chi connectivity index (χ2n) is 2.94. The Hall–Kier alpha value is -1.41. The molecule has 1 aromatic rings. The smallest absolute Gasteiger partial charge is 0.347 e. The number of urea groups is 1. The molecule has 1 aromatic heterocycles. The number of nitrogens with zero attached hydrogens (tertiary/aromatic N) is 3. The lowest BCUT2D eigenvalue weighted by atomic mass is 10.6. The summed E-state index contributed by atoms with van der Waals surface area (Å²) in [5.41, 5.74) is 0. The number of aromatic nitrogens is 2. The van der Waals surface area contributed by atoms with Crippen LogP contribution >= 0.6 is 25.0 Å². The van der Waals surface area contributed by atoms with E-state index in [4.69, 9.17) is 12.2 Å². The summed E-state index contributed by atoms with van der Waals surface area (Å²) >= 11 is 8.97. The number of amides is 2. The van der Waals surface area contributed by atoms with Gasteiger partial charge in [0.15, 0.2) is 0 Å². The molecule has 0 aliphatic carbocycles. The number of imidazole rings is 1. The number of hydrogen-bond acceptors (Lipinski definition) is 4. The second-order valence-corrected chi connectivity index (χ2v) is 3.68. The van der Waals surface area contributed by atoms with Crippen LogP contribution in [0.15, 0.2) is 18.9 Å². The Morgan fingerprint density at radius 1 is 1.88 bits per heavy atom. The highest BCUT2D eigenvalue weighted by atomic mass is 32.1. The number of rotatable bonds is 3. The van der Waals surface area contributed by atoms with Crippen molar-refractivity contribution in [1.29, 1.82) is 0 Å². The first-order valence-electron chi connectivity index (χ1n) is 4.34. The molecular weight excluding hydrogens is 248 g/mol. The van der Waals surface area contributed by atoms with E-state index in [0.717, 1.165) is 4.41 Å². The molecule has 0 radical (unpaired) electrons. The van der Waals surface area contributed by atoms with E-state index in [9.17, 15) is 9.90 Å². The van der Waals surface area contributed by atoms with Gasteiger partial charge < -0.3 is 10.4 Å². The first-order valence-corrected chi connectivity index (χ1v) is 5.15. The molecule has 0 atom stereocenters. The molecule has 0 saturated heterocycles. The predicted molar refractivity (Wildman–Crippen MR) is 66.7 cm³/mol. The summed E-state index contributed by atoms with van der Waals surface area (Å²) in [4.78, 5) is 11.5. The Morgan fingerprint density at radius 2 is 2.50 bits per heavy atom. The number of carbonyl (C=O) groups is 1. The summed E-state index contributed by atoms with van der Waals surface area (Å²) < 4.78 is 3.80. The third-order valence-corrected chi connectivity index (χ3v) is 2.68. The largest absolute Gasteiger partial charge is 0.493 e. The van der Waals surface area contributed by atoms with Crippen LogP contribution in [0.4, 0.5) is 4.79 Å². The van der Waals surface area contributed by atoms with Crippen LogP contribution in [-0.4, -0.2) is 26.9 Å². The minimum absolute atomic E-state index is 0.0550. The molecule has 0 unspecified atom stereocenters. The maximum atomic E-state index is 11.5. The summed E-state index contributed by atoms with van der Waals surface area (Å²) in [6.07, 6.45) is 2.84. The van der Waals surface area contributed by atoms with Crippen molar-refractivity contribution >= 4 is 31.1 Å². The van der Waals surface area contributed by atoms with Crippen molar-refractivity contribution in [3.8, 4) is 5.88 Å². The van der Waals surface area contributed by atoms with E-state index >= 15 is 0 Å². The molecule has 0 spiro atoms. The average Bonchev–Trinajstić information content (AvgIpc) is 2.52. The lowest BCUT2D eigenvalue weighted by Crippen LogP contribution is -2.40. The molecule has 2 N–H and O–H groups in total. The summed E-state index contributed by atoms with van der Waals surface area (Å²) in [7, 11) is 1.58. The maximum absolute atomic E-state index is 11.5. The fraction of sp³-hybridized carbons (Fsp3) is 0.250. The van der Waals surface area contributed by atoms with Crippen molar-refractivity contribution in [2.75, 3.05) is 11.0 Å². The zero-order chi connectivity index (χ0) is 12.3. The van der Waals surface area contributed by atoms with Crippen molar-refractivity contribution in [2.24, 2.45) is 7.05 Å². The molecule has 88 valence electrons. The van der Waals surface area contributed by atoms with Crippen LogP contribution in [0.1, 0.15) is 0 Å². The Kier molecular flexibility index (Phi) is 4.02. The van der Waals surface area contributed by atoms with E-state index in [1.54, 1.807) is 13.1 Å². The molecule has 1 rings (SSSR count). The Bertz CT molecular complexity index is 465. The topological polar surface area (TPSA) is 62.4 Å². The number of hydrogen-bond donors (Lipinski definition) is 3. The SMILES string of the molecule is C=CCNC(=O)N(S)n1cc(O)n(C)c1=S. The van der Waals surface area contributed by atoms with Crippen LogP contribution in [0.5, 0.6) is 5.88 Å². The molecule has 0 bridgehead atoms. The van der Waals surface area contributed by atoms with Gasteiger partial charge in [0.2, 0.25) is 10.7 Å². The number of aromatic hydroxyl groups is 1. The number of nitrogens with one attached hydrogen (secondary N) is 1. The van der Waals surface area contributed by atoms with Gasteiger partial charge >= 0.3 is 6.03 Å². The van der Waals surface area contributed by atoms with Crippen LogP contribution in [0, 0.1) is 4.77 Å². The van der Waals surface area contributed by atoms with Gasteiger partial charge in [-0.1, -0.05) is 6.08 Å². The van der Waals surface area contributed by atoms with Gasteiger partial charge in [0.05, 0.1) is 6.20 Å². The molecule has 1 heterocycles. The van der Waals surface area contributed by atoms with Gasteiger partial charge in [-0.2, -0.15) is 4.41 Å². The van der Waals surface area contributed by atoms with E-state index in [2.05, 4.69) is 24.7 Å². The monoisotopic (exact) mass is 260 g/mol. The molecule has 6 nitrogen and oxygen atoms in total. The van der Waals surface area contributed by atoms with Crippen LogP contribution in [0.2, 0.25) is 0 Å². The zero-order valence-electron chi connectivity index (χ0n) is 8.62. The Labute approximate surface area is 103 Å². The third-order valence-electron chi connectivity index (χ3n) is 1.85. The highest BCUT2D eigenvalue weighted by Gasteiger charge is 2.14. The molecule has 0 fully saturated rings. The van der Waals surface area contributed by atoms with E-state index in [1.165, 1.54) is 15.4 Å². The fourth-order valence-electron chi connectivity index (χ4n) is 0.967. The highest BCUT2D eigenvalue weighted by molar-refractivity contribution is 7.82. The standard InChI is InChI=1S/C8H12N4O2S2/c1-3-4-9-7(14)12(16)11-5-6(13)10(2)8(11)15/h3,5,13,16H,1,4H2,2H3,(H,9,14). The van der Waals surface area contributed by atoms with Gasteiger partial charge in [-0.15, -0.1) is 6.58 Å². The Balaban J connectivity index is 2.92. The zero-order valence-corrected chi connectivity index (χ0v) is 10.3. The van der Waals surface area contributed by atoms with Gasteiger partial charge in [-0.05, 0) is 25.0 Å². The van der Waals surface area contributed by atoms with Gasteiger partial charge in [0, 0.05) is 13.6 Å². The van der Waals surface area contributed by atoms with Crippen molar-refractivity contribution in [1.82, 2.24) is 14.6 Å². The van der Waals surface area contributed by atoms with Gasteiger partial charge in [0.25, 0.3) is 0 Å². The number of thiol groups is 1. The minimum Gasteiger partial charge on any atom is -0.493 e. The number of carbonyl (C=O) groups excluding carboxylic acids is 1. The van der Waals surface area contributed by atoms with Crippen LogP contribution < -0.4 is 9.73 Å². The maximum Gasteiger partial charge on any atom is 0.347 e. The molecule has 0 aromatic carbocycles.